The first kappa shape index (κ1) is 16.0. The largest absolute Gasteiger partial charge is 0.317 e. The molecule has 0 radical (unpaired) electrons. The second-order valence-electron chi connectivity index (χ2n) is 5.97. The molecule has 0 aliphatic heterocycles. The van der Waals surface area contributed by atoms with E-state index in [1.807, 2.05) is 24.3 Å². The molecule has 0 spiro atoms. The van der Waals surface area contributed by atoms with Crippen molar-refractivity contribution in [2.45, 2.75) is 25.4 Å². The summed E-state index contributed by atoms with van der Waals surface area (Å²) >= 11 is 0. The molecule has 8 heteroatoms. The van der Waals surface area contributed by atoms with E-state index in [1.165, 1.54) is 13.8 Å². The Morgan fingerprint density at radius 3 is 2.88 bits per heavy atom. The van der Waals surface area contributed by atoms with Crippen LogP contribution < -0.4 is 11.1 Å². The molecule has 3 aromatic heterocycles. The van der Waals surface area contributed by atoms with Gasteiger partial charge in [-0.25, -0.2) is 9.67 Å². The summed E-state index contributed by atoms with van der Waals surface area (Å²) in [6, 6.07) is 5.34. The maximum absolute atomic E-state index is 12.4. The van der Waals surface area contributed by atoms with E-state index in [9.17, 15) is 9.59 Å². The SMILES string of the molecule is O=c1c(=O)n(C2C=C=CCC2)ccn1Cc1cn(-c2ccccn2)nn1. The van der Waals surface area contributed by atoms with Gasteiger partial charge in [0.1, 0.15) is 5.69 Å². The van der Waals surface area contributed by atoms with Crippen LogP contribution in [0, 0.1) is 0 Å². The van der Waals surface area contributed by atoms with Crippen molar-refractivity contribution in [1.29, 1.82) is 0 Å². The number of hydrogen-bond acceptors (Lipinski definition) is 5. The lowest BCUT2D eigenvalue weighted by molar-refractivity contribution is 0.521. The van der Waals surface area contributed by atoms with Gasteiger partial charge in [-0.3, -0.25) is 9.59 Å². The highest BCUT2D eigenvalue weighted by atomic mass is 16.2. The molecule has 1 unspecified atom stereocenters. The van der Waals surface area contributed by atoms with Crippen molar-refractivity contribution in [3.05, 3.63) is 87.3 Å². The van der Waals surface area contributed by atoms with Crippen molar-refractivity contribution in [1.82, 2.24) is 29.1 Å². The quantitative estimate of drug-likeness (QED) is 0.520. The zero-order valence-corrected chi connectivity index (χ0v) is 13.9. The highest BCUT2D eigenvalue weighted by Gasteiger charge is 2.14. The molecule has 130 valence electrons. The van der Waals surface area contributed by atoms with Gasteiger partial charge in [-0.05, 0) is 37.1 Å². The summed E-state index contributed by atoms with van der Waals surface area (Å²) in [7, 11) is 0. The summed E-state index contributed by atoms with van der Waals surface area (Å²) in [5, 5.41) is 8.07. The van der Waals surface area contributed by atoms with Crippen molar-refractivity contribution in [3.8, 4) is 5.82 Å². The topological polar surface area (TPSA) is 87.6 Å². The first-order valence-corrected chi connectivity index (χ1v) is 8.27. The van der Waals surface area contributed by atoms with Gasteiger partial charge in [-0.1, -0.05) is 11.3 Å². The maximum Gasteiger partial charge on any atom is 0.317 e. The normalized spacial score (nSPS) is 16.1. The van der Waals surface area contributed by atoms with Crippen LogP contribution in [0.1, 0.15) is 24.6 Å². The zero-order valence-electron chi connectivity index (χ0n) is 13.9. The standard InChI is InChI=1S/C18H16N6O2/c25-17-18(26)23(15-6-2-1-3-7-15)11-10-22(17)12-14-13-24(21-20-14)16-8-4-5-9-19-16/h1,4-5,7-11,13,15H,2,6,12H2. The van der Waals surface area contributed by atoms with Crippen LogP contribution in [0.15, 0.2) is 70.5 Å². The van der Waals surface area contributed by atoms with Crippen molar-refractivity contribution in [2.24, 2.45) is 0 Å². The lowest BCUT2D eigenvalue weighted by Crippen LogP contribution is -2.42. The summed E-state index contributed by atoms with van der Waals surface area (Å²) < 4.78 is 4.33. The van der Waals surface area contributed by atoms with Gasteiger partial charge in [0.05, 0.1) is 18.8 Å². The van der Waals surface area contributed by atoms with Crippen molar-refractivity contribution >= 4 is 0 Å². The van der Waals surface area contributed by atoms with Crippen LogP contribution in [0.3, 0.4) is 0 Å². The molecule has 1 aliphatic rings. The van der Waals surface area contributed by atoms with Crippen LogP contribution in [0.2, 0.25) is 0 Å². The fraction of sp³-hybridized carbons (Fsp3) is 0.222. The molecule has 1 aliphatic carbocycles. The summed E-state index contributed by atoms with van der Waals surface area (Å²) in [5.41, 5.74) is 2.45. The Morgan fingerprint density at radius 1 is 1.19 bits per heavy atom. The van der Waals surface area contributed by atoms with E-state index in [0.717, 1.165) is 12.8 Å². The van der Waals surface area contributed by atoms with E-state index in [-0.39, 0.29) is 12.6 Å². The Labute approximate surface area is 148 Å². The Morgan fingerprint density at radius 2 is 2.12 bits per heavy atom. The lowest BCUT2D eigenvalue weighted by atomic mass is 10.1. The van der Waals surface area contributed by atoms with Gasteiger partial charge >= 0.3 is 11.1 Å². The highest BCUT2D eigenvalue weighted by molar-refractivity contribution is 5.20. The summed E-state index contributed by atoms with van der Waals surface area (Å²) in [4.78, 5) is 29.1. The van der Waals surface area contributed by atoms with E-state index >= 15 is 0 Å². The molecule has 0 aromatic carbocycles. The van der Waals surface area contributed by atoms with Gasteiger partial charge in [-0.15, -0.1) is 10.8 Å². The number of rotatable bonds is 4. The Bertz CT molecular complexity index is 1100. The fourth-order valence-corrected chi connectivity index (χ4v) is 2.87. The average molecular weight is 348 g/mol. The molecule has 26 heavy (non-hydrogen) atoms. The van der Waals surface area contributed by atoms with Gasteiger partial charge < -0.3 is 9.13 Å². The number of nitrogens with zero attached hydrogens (tertiary/aromatic N) is 6. The molecular formula is C18H16N6O2. The maximum atomic E-state index is 12.4. The molecule has 1 atom stereocenters. The third-order valence-corrected chi connectivity index (χ3v) is 4.21. The molecule has 3 heterocycles. The molecule has 3 aromatic rings. The minimum Gasteiger partial charge on any atom is -0.303 e. The zero-order chi connectivity index (χ0) is 17.9. The molecule has 0 amide bonds. The predicted octanol–water partition coefficient (Wildman–Crippen LogP) is 1.08. The van der Waals surface area contributed by atoms with Crippen LogP contribution in [-0.4, -0.2) is 29.1 Å². The molecule has 8 nitrogen and oxygen atoms in total. The minimum absolute atomic E-state index is 0.125. The first-order chi connectivity index (χ1) is 12.7. The van der Waals surface area contributed by atoms with E-state index in [0.29, 0.717) is 11.5 Å². The van der Waals surface area contributed by atoms with E-state index < -0.39 is 11.1 Å². The summed E-state index contributed by atoms with van der Waals surface area (Å²) in [5.74, 6) is 0.631. The van der Waals surface area contributed by atoms with Crippen LogP contribution in [0.25, 0.3) is 5.82 Å². The first-order valence-electron chi connectivity index (χ1n) is 8.27. The van der Waals surface area contributed by atoms with Crippen molar-refractivity contribution in [2.75, 3.05) is 0 Å². The fourth-order valence-electron chi connectivity index (χ4n) is 2.87. The smallest absolute Gasteiger partial charge is 0.303 e. The van der Waals surface area contributed by atoms with E-state index in [2.05, 4.69) is 21.0 Å². The summed E-state index contributed by atoms with van der Waals surface area (Å²) in [6.45, 7) is 0.169. The molecule has 0 saturated heterocycles. The van der Waals surface area contributed by atoms with Crippen LogP contribution >= 0.6 is 0 Å². The van der Waals surface area contributed by atoms with Crippen LogP contribution in [-0.2, 0) is 6.54 Å². The number of allylic oxidation sites excluding steroid dienone is 1. The molecule has 0 bridgehead atoms. The van der Waals surface area contributed by atoms with Gasteiger partial charge in [-0.2, -0.15) is 0 Å². The van der Waals surface area contributed by atoms with Crippen molar-refractivity contribution < 1.29 is 0 Å². The monoisotopic (exact) mass is 348 g/mol. The highest BCUT2D eigenvalue weighted by Crippen LogP contribution is 2.16. The Balaban J connectivity index is 1.61. The molecule has 0 fully saturated rings. The van der Waals surface area contributed by atoms with Gasteiger partial charge in [0.25, 0.3) is 0 Å². The third kappa shape index (κ3) is 3.05. The van der Waals surface area contributed by atoms with Gasteiger partial charge in [0, 0.05) is 18.6 Å². The van der Waals surface area contributed by atoms with Crippen LogP contribution in [0.5, 0.6) is 0 Å². The van der Waals surface area contributed by atoms with Crippen molar-refractivity contribution in [3.63, 3.8) is 0 Å². The van der Waals surface area contributed by atoms with Crippen LogP contribution in [0.4, 0.5) is 0 Å². The Kier molecular flexibility index (Phi) is 4.17. The lowest BCUT2D eigenvalue weighted by Gasteiger charge is -2.16. The molecule has 0 saturated carbocycles. The average Bonchev–Trinajstić information content (AvgIpc) is 3.16. The predicted molar refractivity (Wildman–Crippen MR) is 94.1 cm³/mol. The number of aromatic nitrogens is 6. The van der Waals surface area contributed by atoms with E-state index in [1.54, 1.807) is 30.9 Å². The number of pyridine rings is 1. The molecule has 0 N–H and O–H groups in total. The molecule has 4 rings (SSSR count). The van der Waals surface area contributed by atoms with Gasteiger partial charge in [0.15, 0.2) is 5.82 Å². The Hall–Kier alpha value is -3.51. The summed E-state index contributed by atoms with van der Waals surface area (Å²) in [6.07, 6.45) is 12.0. The molecular weight excluding hydrogens is 332 g/mol. The minimum atomic E-state index is -0.581. The van der Waals surface area contributed by atoms with Gasteiger partial charge in [0.2, 0.25) is 0 Å². The third-order valence-electron chi connectivity index (χ3n) is 4.21. The second-order valence-corrected chi connectivity index (χ2v) is 5.97. The number of hydrogen-bond donors (Lipinski definition) is 0. The second kappa shape index (κ2) is 6.78. The van der Waals surface area contributed by atoms with E-state index in [4.69, 9.17) is 0 Å².